The number of rotatable bonds is 7. The van der Waals surface area contributed by atoms with Crippen molar-refractivity contribution in [1.29, 1.82) is 0 Å². The number of aryl methyl sites for hydroxylation is 1. The van der Waals surface area contributed by atoms with Crippen LogP contribution in [0, 0.1) is 5.92 Å². The first-order valence-corrected chi connectivity index (χ1v) is 6.24. The molecule has 15 heavy (non-hydrogen) atoms. The van der Waals surface area contributed by atoms with Crippen LogP contribution >= 0.6 is 0 Å². The summed E-state index contributed by atoms with van der Waals surface area (Å²) >= 11 is 0. The highest BCUT2D eigenvalue weighted by atomic mass is 14.9. The Morgan fingerprint density at radius 1 is 1.47 bits per heavy atom. The predicted molar refractivity (Wildman–Crippen MR) is 63.8 cm³/mol. The largest absolute Gasteiger partial charge is 0.354 e. The summed E-state index contributed by atoms with van der Waals surface area (Å²) in [4.78, 5) is 0. The lowest BCUT2D eigenvalue weighted by Crippen LogP contribution is -2.14. The molecule has 0 amide bonds. The van der Waals surface area contributed by atoms with Crippen molar-refractivity contribution in [2.75, 3.05) is 6.54 Å². The Morgan fingerprint density at radius 3 is 3.00 bits per heavy atom. The third kappa shape index (κ3) is 3.71. The zero-order valence-corrected chi connectivity index (χ0v) is 9.71. The maximum absolute atomic E-state index is 3.51. The van der Waals surface area contributed by atoms with Gasteiger partial charge in [0.1, 0.15) is 0 Å². The molecule has 0 radical (unpaired) electrons. The van der Waals surface area contributed by atoms with Crippen LogP contribution in [0.15, 0.2) is 18.5 Å². The summed E-state index contributed by atoms with van der Waals surface area (Å²) in [6.07, 6.45) is 10.1. The van der Waals surface area contributed by atoms with Crippen LogP contribution in [0.3, 0.4) is 0 Å². The van der Waals surface area contributed by atoms with Crippen molar-refractivity contribution in [3.8, 4) is 0 Å². The third-order valence-corrected chi connectivity index (χ3v) is 3.17. The zero-order valence-electron chi connectivity index (χ0n) is 9.71. The van der Waals surface area contributed by atoms with Crippen LogP contribution in [0.1, 0.15) is 38.2 Å². The first kappa shape index (κ1) is 10.7. The van der Waals surface area contributed by atoms with Gasteiger partial charge in [0.15, 0.2) is 0 Å². The number of hydrogen-bond acceptors (Lipinski definition) is 1. The molecule has 1 saturated carbocycles. The fourth-order valence-corrected chi connectivity index (χ4v) is 1.95. The van der Waals surface area contributed by atoms with Gasteiger partial charge in [0.05, 0.1) is 0 Å². The summed E-state index contributed by atoms with van der Waals surface area (Å²) in [5.74, 6) is 1.08. The van der Waals surface area contributed by atoms with Crippen LogP contribution in [0.25, 0.3) is 0 Å². The molecular weight excluding hydrogens is 184 g/mol. The monoisotopic (exact) mass is 206 g/mol. The van der Waals surface area contributed by atoms with Gasteiger partial charge in [-0.15, -0.1) is 0 Å². The minimum atomic E-state index is 1.03. The van der Waals surface area contributed by atoms with E-state index in [0.29, 0.717) is 0 Å². The van der Waals surface area contributed by atoms with Crippen molar-refractivity contribution in [3.05, 3.63) is 24.0 Å². The molecule has 0 saturated heterocycles. The summed E-state index contributed by atoms with van der Waals surface area (Å²) < 4.78 is 2.22. The quantitative estimate of drug-likeness (QED) is 0.679. The molecule has 1 aliphatic carbocycles. The summed E-state index contributed by atoms with van der Waals surface area (Å²) in [6.45, 7) is 5.44. The van der Waals surface area contributed by atoms with E-state index in [1.165, 1.54) is 37.8 Å². The van der Waals surface area contributed by atoms with E-state index in [4.69, 9.17) is 0 Å². The molecule has 0 unspecified atom stereocenters. The van der Waals surface area contributed by atoms with Gasteiger partial charge in [-0.05, 0) is 43.9 Å². The molecule has 1 fully saturated rings. The SMILES string of the molecule is CCn1ccc(CNCCCC2CC2)c1. The highest BCUT2D eigenvalue weighted by Crippen LogP contribution is 2.33. The molecule has 2 nitrogen and oxygen atoms in total. The van der Waals surface area contributed by atoms with Crippen molar-refractivity contribution in [1.82, 2.24) is 9.88 Å². The van der Waals surface area contributed by atoms with Crippen molar-refractivity contribution in [2.45, 2.75) is 45.7 Å². The molecule has 1 N–H and O–H groups in total. The maximum atomic E-state index is 3.51. The summed E-state index contributed by atoms with van der Waals surface area (Å²) in [6, 6.07) is 2.21. The van der Waals surface area contributed by atoms with Gasteiger partial charge in [0, 0.05) is 25.5 Å². The van der Waals surface area contributed by atoms with Gasteiger partial charge >= 0.3 is 0 Å². The van der Waals surface area contributed by atoms with E-state index in [1.807, 2.05) is 0 Å². The summed E-state index contributed by atoms with van der Waals surface area (Å²) in [5.41, 5.74) is 1.41. The Labute approximate surface area is 92.7 Å². The number of hydrogen-bond donors (Lipinski definition) is 1. The second-order valence-corrected chi connectivity index (χ2v) is 4.61. The lowest BCUT2D eigenvalue weighted by atomic mass is 10.2. The lowest BCUT2D eigenvalue weighted by Gasteiger charge is -2.02. The van der Waals surface area contributed by atoms with E-state index >= 15 is 0 Å². The molecule has 0 spiro atoms. The molecule has 0 atom stereocenters. The Hall–Kier alpha value is -0.760. The van der Waals surface area contributed by atoms with Gasteiger partial charge in [0.2, 0.25) is 0 Å². The first-order chi connectivity index (χ1) is 7.38. The summed E-state index contributed by atoms with van der Waals surface area (Å²) in [5, 5.41) is 3.51. The predicted octanol–water partition coefficient (Wildman–Crippen LogP) is 2.79. The van der Waals surface area contributed by atoms with Crippen molar-refractivity contribution < 1.29 is 0 Å². The standard InChI is InChI=1S/C13H22N2/c1-2-15-9-7-13(11-15)10-14-8-3-4-12-5-6-12/h7,9,11-12,14H,2-6,8,10H2,1H3. The van der Waals surface area contributed by atoms with E-state index in [0.717, 1.165) is 19.0 Å². The molecule has 0 bridgehead atoms. The highest BCUT2D eigenvalue weighted by Gasteiger charge is 2.19. The van der Waals surface area contributed by atoms with Gasteiger partial charge in [-0.3, -0.25) is 0 Å². The summed E-state index contributed by atoms with van der Waals surface area (Å²) in [7, 11) is 0. The van der Waals surface area contributed by atoms with Crippen molar-refractivity contribution >= 4 is 0 Å². The second kappa shape index (κ2) is 5.36. The van der Waals surface area contributed by atoms with Gasteiger partial charge in [-0.2, -0.15) is 0 Å². The van der Waals surface area contributed by atoms with Crippen molar-refractivity contribution in [3.63, 3.8) is 0 Å². The van der Waals surface area contributed by atoms with Crippen molar-refractivity contribution in [2.24, 2.45) is 5.92 Å². The average molecular weight is 206 g/mol. The topological polar surface area (TPSA) is 17.0 Å². The normalized spacial score (nSPS) is 15.8. The van der Waals surface area contributed by atoms with Gasteiger partial charge < -0.3 is 9.88 Å². The third-order valence-electron chi connectivity index (χ3n) is 3.17. The van der Waals surface area contributed by atoms with E-state index < -0.39 is 0 Å². The molecular formula is C13H22N2. The molecule has 2 heteroatoms. The van der Waals surface area contributed by atoms with Crippen LogP contribution < -0.4 is 5.32 Å². The number of nitrogens with zero attached hydrogens (tertiary/aromatic N) is 1. The fourth-order valence-electron chi connectivity index (χ4n) is 1.95. The highest BCUT2D eigenvalue weighted by molar-refractivity contribution is 5.09. The van der Waals surface area contributed by atoms with E-state index in [9.17, 15) is 0 Å². The molecule has 0 aromatic carbocycles. The van der Waals surface area contributed by atoms with E-state index in [-0.39, 0.29) is 0 Å². The first-order valence-electron chi connectivity index (χ1n) is 6.24. The molecule has 2 rings (SSSR count). The van der Waals surface area contributed by atoms with Gasteiger partial charge in [0.25, 0.3) is 0 Å². The minimum absolute atomic E-state index is 1.03. The average Bonchev–Trinajstić information content (AvgIpc) is 2.96. The maximum Gasteiger partial charge on any atom is 0.0220 e. The van der Waals surface area contributed by atoms with Crippen LogP contribution in [-0.2, 0) is 13.1 Å². The van der Waals surface area contributed by atoms with Crippen LogP contribution in [0.2, 0.25) is 0 Å². The Morgan fingerprint density at radius 2 is 2.33 bits per heavy atom. The minimum Gasteiger partial charge on any atom is -0.354 e. The van der Waals surface area contributed by atoms with E-state index in [2.05, 4.69) is 35.3 Å². The lowest BCUT2D eigenvalue weighted by molar-refractivity contribution is 0.593. The van der Waals surface area contributed by atoms with Gasteiger partial charge in [-0.1, -0.05) is 12.8 Å². The zero-order chi connectivity index (χ0) is 10.5. The number of aromatic nitrogens is 1. The molecule has 0 aliphatic heterocycles. The van der Waals surface area contributed by atoms with Gasteiger partial charge in [-0.25, -0.2) is 0 Å². The van der Waals surface area contributed by atoms with Crippen LogP contribution in [0.4, 0.5) is 0 Å². The van der Waals surface area contributed by atoms with E-state index in [1.54, 1.807) is 0 Å². The van der Waals surface area contributed by atoms with Crippen LogP contribution in [-0.4, -0.2) is 11.1 Å². The molecule has 1 aromatic rings. The molecule has 1 heterocycles. The Kier molecular flexibility index (Phi) is 3.84. The molecule has 1 aliphatic rings. The fraction of sp³-hybridized carbons (Fsp3) is 0.692. The number of nitrogens with one attached hydrogen (secondary N) is 1. The molecule has 84 valence electrons. The Bertz CT molecular complexity index is 286. The smallest absolute Gasteiger partial charge is 0.0220 e. The Balaban J connectivity index is 1.56. The van der Waals surface area contributed by atoms with Crippen LogP contribution in [0.5, 0.6) is 0 Å². The second-order valence-electron chi connectivity index (χ2n) is 4.61. The molecule has 1 aromatic heterocycles.